The van der Waals surface area contributed by atoms with Crippen molar-refractivity contribution in [3.8, 4) is 28.7 Å². The van der Waals surface area contributed by atoms with Crippen LogP contribution in [0.25, 0.3) is 11.1 Å². The van der Waals surface area contributed by atoms with Crippen LogP contribution in [0.1, 0.15) is 11.4 Å². The number of methoxy groups -OCH3 is 1. The van der Waals surface area contributed by atoms with E-state index in [4.69, 9.17) is 19.5 Å². The van der Waals surface area contributed by atoms with Crippen molar-refractivity contribution in [3.63, 3.8) is 0 Å². The summed E-state index contributed by atoms with van der Waals surface area (Å²) in [5, 5.41) is 18.5. The highest BCUT2D eigenvalue weighted by atomic mass is 32.2. The van der Waals surface area contributed by atoms with Crippen molar-refractivity contribution in [2.75, 3.05) is 26.1 Å². The molecule has 0 spiro atoms. The average molecular weight is 487 g/mol. The molecule has 8 heteroatoms. The summed E-state index contributed by atoms with van der Waals surface area (Å²) in [6, 6.07) is 27.3. The van der Waals surface area contributed by atoms with E-state index in [1.807, 2.05) is 41.0 Å². The SMILES string of the molecule is COCCn1c(COc2ccccc2-c2ccccc2)nnc1SCCOc1ccc(C#N)cc1. The summed E-state index contributed by atoms with van der Waals surface area (Å²) >= 11 is 1.57. The minimum atomic E-state index is 0.295. The Hall–Kier alpha value is -3.80. The monoisotopic (exact) mass is 486 g/mol. The smallest absolute Gasteiger partial charge is 0.191 e. The number of para-hydroxylation sites is 1. The maximum absolute atomic E-state index is 8.90. The molecule has 0 aliphatic heterocycles. The molecule has 1 aromatic heterocycles. The van der Waals surface area contributed by atoms with Gasteiger partial charge in [-0.05, 0) is 35.9 Å². The zero-order valence-electron chi connectivity index (χ0n) is 19.5. The summed E-state index contributed by atoms with van der Waals surface area (Å²) < 4.78 is 19.3. The van der Waals surface area contributed by atoms with Crippen LogP contribution in [0.3, 0.4) is 0 Å². The zero-order chi connectivity index (χ0) is 24.3. The van der Waals surface area contributed by atoms with Gasteiger partial charge in [-0.3, -0.25) is 0 Å². The molecule has 0 radical (unpaired) electrons. The fraction of sp³-hybridized carbons (Fsp3) is 0.222. The molecule has 3 aromatic carbocycles. The Kier molecular flexibility index (Phi) is 8.76. The molecule has 0 amide bonds. The molecule has 7 nitrogen and oxygen atoms in total. The van der Waals surface area contributed by atoms with E-state index in [1.54, 1.807) is 43.1 Å². The molecule has 4 rings (SSSR count). The van der Waals surface area contributed by atoms with E-state index in [9.17, 15) is 0 Å². The third-order valence-electron chi connectivity index (χ3n) is 5.21. The predicted octanol–water partition coefficient (Wildman–Crippen LogP) is 5.21. The summed E-state index contributed by atoms with van der Waals surface area (Å²) in [6.45, 7) is 1.97. The third kappa shape index (κ3) is 6.63. The molecule has 0 aliphatic rings. The highest BCUT2D eigenvalue weighted by Crippen LogP contribution is 2.30. The molecule has 0 fully saturated rings. The highest BCUT2D eigenvalue weighted by Gasteiger charge is 2.14. The van der Waals surface area contributed by atoms with E-state index in [1.165, 1.54) is 0 Å². The molecule has 0 saturated carbocycles. The third-order valence-corrected chi connectivity index (χ3v) is 6.14. The Morgan fingerprint density at radius 3 is 2.43 bits per heavy atom. The predicted molar refractivity (Wildman–Crippen MR) is 135 cm³/mol. The topological polar surface area (TPSA) is 82.2 Å². The Balaban J connectivity index is 1.39. The van der Waals surface area contributed by atoms with Gasteiger partial charge < -0.3 is 18.8 Å². The molecule has 178 valence electrons. The lowest BCUT2D eigenvalue weighted by molar-refractivity contribution is 0.181. The second kappa shape index (κ2) is 12.6. The van der Waals surface area contributed by atoms with Crippen molar-refractivity contribution in [3.05, 3.63) is 90.3 Å². The van der Waals surface area contributed by atoms with Crippen LogP contribution in [0.5, 0.6) is 11.5 Å². The summed E-state index contributed by atoms with van der Waals surface area (Å²) in [5.74, 6) is 2.96. The standard InChI is InChI=1S/C27H26N4O3S/c1-32-16-15-31-26(20-34-25-10-6-5-9-24(25)22-7-3-2-4-8-22)29-30-27(31)35-18-17-33-23-13-11-21(19-28)12-14-23/h2-14H,15-18,20H2,1H3. The second-order valence-electron chi connectivity index (χ2n) is 7.53. The number of hydrogen-bond acceptors (Lipinski definition) is 7. The first-order chi connectivity index (χ1) is 17.3. The van der Waals surface area contributed by atoms with Gasteiger partial charge in [-0.25, -0.2) is 0 Å². The molecule has 4 aromatic rings. The number of aromatic nitrogens is 3. The van der Waals surface area contributed by atoms with Crippen LogP contribution in [-0.2, 0) is 17.9 Å². The zero-order valence-corrected chi connectivity index (χ0v) is 20.3. The van der Waals surface area contributed by atoms with E-state index in [-0.39, 0.29) is 0 Å². The number of hydrogen-bond donors (Lipinski definition) is 0. The van der Waals surface area contributed by atoms with Gasteiger partial charge in [-0.2, -0.15) is 5.26 Å². The van der Waals surface area contributed by atoms with Crippen LogP contribution in [0.15, 0.2) is 84.0 Å². The summed E-state index contributed by atoms with van der Waals surface area (Å²) in [4.78, 5) is 0. The molecule has 0 atom stereocenters. The first kappa shape index (κ1) is 24.3. The summed E-state index contributed by atoms with van der Waals surface area (Å²) in [5.41, 5.74) is 2.74. The minimum absolute atomic E-state index is 0.295. The van der Waals surface area contributed by atoms with Crippen LogP contribution in [-0.4, -0.2) is 40.8 Å². The highest BCUT2D eigenvalue weighted by molar-refractivity contribution is 7.99. The van der Waals surface area contributed by atoms with E-state index < -0.39 is 0 Å². The van der Waals surface area contributed by atoms with Crippen LogP contribution >= 0.6 is 11.8 Å². The Morgan fingerprint density at radius 1 is 0.886 bits per heavy atom. The van der Waals surface area contributed by atoms with Gasteiger partial charge in [0, 0.05) is 25.0 Å². The van der Waals surface area contributed by atoms with Crippen molar-refractivity contribution in [2.24, 2.45) is 0 Å². The van der Waals surface area contributed by atoms with Gasteiger partial charge in [-0.1, -0.05) is 60.3 Å². The van der Waals surface area contributed by atoms with Crippen molar-refractivity contribution >= 4 is 11.8 Å². The van der Waals surface area contributed by atoms with Gasteiger partial charge in [0.15, 0.2) is 11.0 Å². The van der Waals surface area contributed by atoms with E-state index in [2.05, 4.69) is 34.5 Å². The van der Waals surface area contributed by atoms with Crippen molar-refractivity contribution in [1.29, 1.82) is 5.26 Å². The van der Waals surface area contributed by atoms with E-state index in [0.717, 1.165) is 33.6 Å². The molecule has 0 aliphatic carbocycles. The Bertz CT molecular complexity index is 1250. The number of thioether (sulfide) groups is 1. The van der Waals surface area contributed by atoms with E-state index in [0.29, 0.717) is 37.7 Å². The Morgan fingerprint density at radius 2 is 1.66 bits per heavy atom. The number of rotatable bonds is 12. The van der Waals surface area contributed by atoms with Crippen molar-refractivity contribution in [1.82, 2.24) is 14.8 Å². The number of nitrogens with zero attached hydrogens (tertiary/aromatic N) is 4. The van der Waals surface area contributed by atoms with Gasteiger partial charge in [0.25, 0.3) is 0 Å². The number of ether oxygens (including phenoxy) is 3. The molecular weight excluding hydrogens is 460 g/mol. The lowest BCUT2D eigenvalue weighted by Gasteiger charge is -2.13. The van der Waals surface area contributed by atoms with Gasteiger partial charge >= 0.3 is 0 Å². The maximum atomic E-state index is 8.90. The molecule has 0 bridgehead atoms. The first-order valence-electron chi connectivity index (χ1n) is 11.2. The Labute approximate surface area is 209 Å². The molecule has 0 unspecified atom stereocenters. The van der Waals surface area contributed by atoms with E-state index >= 15 is 0 Å². The quantitative estimate of drug-likeness (QED) is 0.201. The first-order valence-corrected chi connectivity index (χ1v) is 12.2. The maximum Gasteiger partial charge on any atom is 0.191 e. The van der Waals surface area contributed by atoms with Crippen LogP contribution in [0, 0.1) is 11.3 Å². The normalized spacial score (nSPS) is 10.6. The van der Waals surface area contributed by atoms with Crippen LogP contribution in [0.2, 0.25) is 0 Å². The molecule has 35 heavy (non-hydrogen) atoms. The number of benzene rings is 3. The minimum Gasteiger partial charge on any atom is -0.493 e. The average Bonchev–Trinajstić information content (AvgIpc) is 3.31. The van der Waals surface area contributed by atoms with Gasteiger partial charge in [0.05, 0.1) is 24.8 Å². The number of nitriles is 1. The summed E-state index contributed by atoms with van der Waals surface area (Å²) in [6.07, 6.45) is 0. The van der Waals surface area contributed by atoms with Gasteiger partial charge in [0.1, 0.15) is 18.1 Å². The molecule has 1 heterocycles. The summed E-state index contributed by atoms with van der Waals surface area (Å²) in [7, 11) is 1.68. The second-order valence-corrected chi connectivity index (χ2v) is 8.59. The van der Waals surface area contributed by atoms with Crippen molar-refractivity contribution < 1.29 is 14.2 Å². The van der Waals surface area contributed by atoms with Crippen molar-refractivity contribution in [2.45, 2.75) is 18.3 Å². The van der Waals surface area contributed by atoms with Gasteiger partial charge in [0.2, 0.25) is 0 Å². The molecule has 0 saturated heterocycles. The van der Waals surface area contributed by atoms with Crippen LogP contribution in [0.4, 0.5) is 0 Å². The lowest BCUT2D eigenvalue weighted by atomic mass is 10.1. The van der Waals surface area contributed by atoms with Gasteiger partial charge in [-0.15, -0.1) is 10.2 Å². The fourth-order valence-electron chi connectivity index (χ4n) is 3.45. The molecular formula is C27H26N4O3S. The molecule has 0 N–H and O–H groups in total. The van der Waals surface area contributed by atoms with Crippen LogP contribution < -0.4 is 9.47 Å². The fourth-order valence-corrected chi connectivity index (χ4v) is 4.25. The largest absolute Gasteiger partial charge is 0.493 e. The lowest BCUT2D eigenvalue weighted by Crippen LogP contribution is -2.12.